The van der Waals surface area contributed by atoms with Crippen LogP contribution < -0.4 is 5.73 Å². The van der Waals surface area contributed by atoms with E-state index in [-0.39, 0.29) is 11.4 Å². The van der Waals surface area contributed by atoms with Crippen molar-refractivity contribution in [1.82, 2.24) is 4.90 Å². The third kappa shape index (κ3) is 2.79. The maximum absolute atomic E-state index is 10.7. The molecule has 2 N–H and O–H groups in total. The molecule has 1 aromatic rings. The van der Waals surface area contributed by atoms with Gasteiger partial charge in [-0.1, -0.05) is 18.9 Å². The molecule has 0 heterocycles. The number of anilines is 1. The molecular formula is C13H19N3O2. The molecule has 5 heteroatoms. The Morgan fingerprint density at radius 3 is 2.67 bits per heavy atom. The van der Waals surface area contributed by atoms with Gasteiger partial charge in [0.2, 0.25) is 0 Å². The minimum atomic E-state index is -0.445. The van der Waals surface area contributed by atoms with Gasteiger partial charge in [0.05, 0.1) is 4.92 Å². The third-order valence-corrected chi connectivity index (χ3v) is 3.67. The highest BCUT2D eigenvalue weighted by molar-refractivity contribution is 5.59. The van der Waals surface area contributed by atoms with Crippen molar-refractivity contribution in [2.24, 2.45) is 0 Å². The second kappa shape index (κ2) is 5.35. The fourth-order valence-corrected chi connectivity index (χ4v) is 2.63. The quantitative estimate of drug-likeness (QED) is 0.505. The van der Waals surface area contributed by atoms with E-state index in [0.717, 1.165) is 12.1 Å². The van der Waals surface area contributed by atoms with Crippen LogP contribution in [-0.4, -0.2) is 22.9 Å². The van der Waals surface area contributed by atoms with Gasteiger partial charge < -0.3 is 5.73 Å². The van der Waals surface area contributed by atoms with E-state index >= 15 is 0 Å². The van der Waals surface area contributed by atoms with Crippen LogP contribution >= 0.6 is 0 Å². The maximum Gasteiger partial charge on any atom is 0.292 e. The summed E-state index contributed by atoms with van der Waals surface area (Å²) in [6.07, 6.45) is 5.10. The lowest BCUT2D eigenvalue weighted by Gasteiger charge is -2.24. The Hall–Kier alpha value is -1.62. The Morgan fingerprint density at radius 2 is 2.11 bits per heavy atom. The molecule has 98 valence electrons. The molecule has 1 aromatic carbocycles. The Labute approximate surface area is 107 Å². The molecule has 2 rings (SSSR count). The zero-order valence-electron chi connectivity index (χ0n) is 10.6. The molecule has 0 aliphatic heterocycles. The van der Waals surface area contributed by atoms with Crippen LogP contribution in [-0.2, 0) is 6.54 Å². The van der Waals surface area contributed by atoms with Gasteiger partial charge in [0.15, 0.2) is 0 Å². The fraction of sp³-hybridized carbons (Fsp3) is 0.538. The fourth-order valence-electron chi connectivity index (χ4n) is 2.63. The van der Waals surface area contributed by atoms with Crippen LogP contribution in [0.3, 0.4) is 0 Å². The molecule has 0 amide bonds. The third-order valence-electron chi connectivity index (χ3n) is 3.67. The molecule has 0 unspecified atom stereocenters. The van der Waals surface area contributed by atoms with Crippen LogP contribution in [0, 0.1) is 10.1 Å². The SMILES string of the molecule is CN(Cc1ccc([N+](=O)[O-])c(N)c1)C1CCCC1. The summed E-state index contributed by atoms with van der Waals surface area (Å²) in [5, 5.41) is 10.7. The zero-order valence-corrected chi connectivity index (χ0v) is 10.6. The molecule has 1 aliphatic rings. The predicted octanol–water partition coefficient (Wildman–Crippen LogP) is 2.55. The number of nitro benzene ring substituents is 1. The molecule has 0 spiro atoms. The van der Waals surface area contributed by atoms with Gasteiger partial charge in [-0.05, 0) is 31.5 Å². The molecule has 1 saturated carbocycles. The highest BCUT2D eigenvalue weighted by Crippen LogP contribution is 2.26. The van der Waals surface area contributed by atoms with Crippen LogP contribution in [0.1, 0.15) is 31.2 Å². The van der Waals surface area contributed by atoms with Crippen LogP contribution in [0.25, 0.3) is 0 Å². The summed E-state index contributed by atoms with van der Waals surface area (Å²) in [4.78, 5) is 12.5. The summed E-state index contributed by atoms with van der Waals surface area (Å²) in [6.45, 7) is 0.798. The van der Waals surface area contributed by atoms with E-state index in [1.165, 1.54) is 31.7 Å². The number of nitrogens with zero attached hydrogens (tertiary/aromatic N) is 2. The van der Waals surface area contributed by atoms with Gasteiger partial charge >= 0.3 is 0 Å². The Bertz CT molecular complexity index is 442. The van der Waals surface area contributed by atoms with Crippen molar-refractivity contribution in [1.29, 1.82) is 0 Å². The molecule has 0 aromatic heterocycles. The smallest absolute Gasteiger partial charge is 0.292 e. The first kappa shape index (κ1) is 12.8. The van der Waals surface area contributed by atoms with Crippen molar-refractivity contribution in [2.75, 3.05) is 12.8 Å². The lowest BCUT2D eigenvalue weighted by Crippen LogP contribution is -2.28. The zero-order chi connectivity index (χ0) is 13.1. The minimum Gasteiger partial charge on any atom is -0.393 e. The first-order valence-corrected chi connectivity index (χ1v) is 6.31. The summed E-state index contributed by atoms with van der Waals surface area (Å²) >= 11 is 0. The van der Waals surface area contributed by atoms with Crippen molar-refractivity contribution >= 4 is 11.4 Å². The topological polar surface area (TPSA) is 72.4 Å². The highest BCUT2D eigenvalue weighted by Gasteiger charge is 2.20. The van der Waals surface area contributed by atoms with Gasteiger partial charge in [-0.15, -0.1) is 0 Å². The Kier molecular flexibility index (Phi) is 3.81. The largest absolute Gasteiger partial charge is 0.393 e. The first-order chi connectivity index (χ1) is 8.58. The molecule has 0 bridgehead atoms. The first-order valence-electron chi connectivity index (χ1n) is 6.31. The van der Waals surface area contributed by atoms with Crippen molar-refractivity contribution < 1.29 is 4.92 Å². The number of benzene rings is 1. The summed E-state index contributed by atoms with van der Waals surface area (Å²) < 4.78 is 0. The van der Waals surface area contributed by atoms with Crippen molar-refractivity contribution in [3.8, 4) is 0 Å². The Balaban J connectivity index is 2.05. The molecular weight excluding hydrogens is 230 g/mol. The number of nitrogen functional groups attached to an aromatic ring is 1. The molecule has 18 heavy (non-hydrogen) atoms. The number of nitro groups is 1. The van der Waals surface area contributed by atoms with Crippen molar-refractivity contribution in [3.63, 3.8) is 0 Å². The summed E-state index contributed by atoms with van der Waals surface area (Å²) in [5.74, 6) is 0. The van der Waals surface area contributed by atoms with E-state index in [0.29, 0.717) is 6.04 Å². The average molecular weight is 249 g/mol. The lowest BCUT2D eigenvalue weighted by atomic mass is 10.1. The van der Waals surface area contributed by atoms with Gasteiger partial charge in [0.25, 0.3) is 5.69 Å². The van der Waals surface area contributed by atoms with Gasteiger partial charge in [-0.25, -0.2) is 0 Å². The summed E-state index contributed by atoms with van der Waals surface area (Å²) in [5.41, 5.74) is 6.96. The number of hydrogen-bond acceptors (Lipinski definition) is 4. The second-order valence-electron chi connectivity index (χ2n) is 5.00. The van der Waals surface area contributed by atoms with E-state index in [1.54, 1.807) is 12.1 Å². The van der Waals surface area contributed by atoms with Crippen LogP contribution in [0.5, 0.6) is 0 Å². The van der Waals surface area contributed by atoms with Crippen LogP contribution in [0.4, 0.5) is 11.4 Å². The van der Waals surface area contributed by atoms with E-state index in [4.69, 9.17) is 5.73 Å². The Morgan fingerprint density at radius 1 is 1.44 bits per heavy atom. The predicted molar refractivity (Wildman–Crippen MR) is 71.2 cm³/mol. The van der Waals surface area contributed by atoms with Gasteiger partial charge in [-0.2, -0.15) is 0 Å². The standard InChI is InChI=1S/C13H19N3O2/c1-15(11-4-2-3-5-11)9-10-6-7-13(16(17)18)12(14)8-10/h6-8,11H,2-5,9,14H2,1H3. The van der Waals surface area contributed by atoms with E-state index < -0.39 is 4.92 Å². The molecule has 0 radical (unpaired) electrons. The molecule has 5 nitrogen and oxygen atoms in total. The average Bonchev–Trinajstić information content (AvgIpc) is 2.81. The molecule has 0 atom stereocenters. The molecule has 1 aliphatic carbocycles. The van der Waals surface area contributed by atoms with E-state index in [1.807, 2.05) is 0 Å². The van der Waals surface area contributed by atoms with E-state index in [9.17, 15) is 10.1 Å². The van der Waals surface area contributed by atoms with Gasteiger partial charge in [-0.3, -0.25) is 15.0 Å². The highest BCUT2D eigenvalue weighted by atomic mass is 16.6. The minimum absolute atomic E-state index is 0.0118. The van der Waals surface area contributed by atoms with Crippen molar-refractivity contribution in [2.45, 2.75) is 38.3 Å². The summed E-state index contributed by atoms with van der Waals surface area (Å²) in [7, 11) is 2.10. The van der Waals surface area contributed by atoms with Gasteiger partial charge in [0.1, 0.15) is 5.69 Å². The van der Waals surface area contributed by atoms with Crippen LogP contribution in [0.2, 0.25) is 0 Å². The molecule has 1 fully saturated rings. The monoisotopic (exact) mass is 249 g/mol. The van der Waals surface area contributed by atoms with E-state index in [2.05, 4.69) is 11.9 Å². The summed E-state index contributed by atoms with van der Waals surface area (Å²) in [6, 6.07) is 5.64. The van der Waals surface area contributed by atoms with Crippen LogP contribution in [0.15, 0.2) is 18.2 Å². The van der Waals surface area contributed by atoms with Crippen molar-refractivity contribution in [3.05, 3.63) is 33.9 Å². The second-order valence-corrected chi connectivity index (χ2v) is 5.00. The maximum atomic E-state index is 10.7. The molecule has 0 saturated heterocycles. The lowest BCUT2D eigenvalue weighted by molar-refractivity contribution is -0.383. The number of nitrogens with two attached hydrogens (primary N) is 1. The number of hydrogen-bond donors (Lipinski definition) is 1. The van der Waals surface area contributed by atoms with Gasteiger partial charge in [0, 0.05) is 18.7 Å². The normalized spacial score (nSPS) is 16.3. The number of rotatable bonds is 4.